The number of halogens is 6. The zero-order valence-corrected chi connectivity index (χ0v) is 9.77. The summed E-state index contributed by atoms with van der Waals surface area (Å²) < 4.78 is 69.0. The Morgan fingerprint density at radius 3 is 2.35 bits per heavy atom. The molecule has 0 fully saturated rings. The molecular formula is C8H5BrF5NO2. The van der Waals surface area contributed by atoms with Crippen molar-refractivity contribution >= 4 is 15.9 Å². The molecule has 1 aromatic heterocycles. The normalized spacial score (nSPS) is 11.8. The van der Waals surface area contributed by atoms with Gasteiger partial charge >= 0.3 is 6.36 Å². The van der Waals surface area contributed by atoms with Crippen molar-refractivity contribution in [1.82, 2.24) is 4.98 Å². The van der Waals surface area contributed by atoms with Gasteiger partial charge in [0.05, 0.1) is 18.9 Å². The molecule has 1 rings (SSSR count). The van der Waals surface area contributed by atoms with Gasteiger partial charge in [0.2, 0.25) is 0 Å². The predicted molar refractivity (Wildman–Crippen MR) is 50.1 cm³/mol. The van der Waals surface area contributed by atoms with Crippen LogP contribution in [0.5, 0.6) is 11.5 Å². The van der Waals surface area contributed by atoms with Crippen LogP contribution in [0.4, 0.5) is 22.0 Å². The van der Waals surface area contributed by atoms with E-state index in [4.69, 9.17) is 0 Å². The molecule has 0 aliphatic heterocycles. The summed E-state index contributed by atoms with van der Waals surface area (Å²) in [5.41, 5.74) is -1.01. The molecule has 1 aromatic rings. The number of rotatable bonds is 3. The number of methoxy groups -OCH3 is 1. The van der Waals surface area contributed by atoms with Crippen LogP contribution in [-0.4, -0.2) is 18.5 Å². The third kappa shape index (κ3) is 3.42. The summed E-state index contributed by atoms with van der Waals surface area (Å²) in [5, 5.41) is 0. The fourth-order valence-electron chi connectivity index (χ4n) is 1.03. The lowest BCUT2D eigenvalue weighted by atomic mass is 10.2. The van der Waals surface area contributed by atoms with Gasteiger partial charge in [-0.25, -0.2) is 13.8 Å². The van der Waals surface area contributed by atoms with Crippen LogP contribution in [0.3, 0.4) is 0 Å². The van der Waals surface area contributed by atoms with Crippen LogP contribution in [0.25, 0.3) is 0 Å². The Morgan fingerprint density at radius 2 is 1.94 bits per heavy atom. The largest absolute Gasteiger partial charge is 0.573 e. The number of pyridine rings is 1. The molecule has 0 aliphatic carbocycles. The first-order valence-corrected chi connectivity index (χ1v) is 4.82. The van der Waals surface area contributed by atoms with Crippen molar-refractivity contribution in [2.75, 3.05) is 7.11 Å². The Balaban J connectivity index is 3.35. The van der Waals surface area contributed by atoms with Crippen LogP contribution in [0, 0.1) is 0 Å². The van der Waals surface area contributed by atoms with E-state index in [0.717, 1.165) is 13.3 Å². The van der Waals surface area contributed by atoms with Crippen LogP contribution >= 0.6 is 15.9 Å². The molecule has 0 N–H and O–H groups in total. The van der Waals surface area contributed by atoms with Gasteiger partial charge in [-0.05, 0) is 15.9 Å². The summed E-state index contributed by atoms with van der Waals surface area (Å²) in [6, 6.07) is 0. The van der Waals surface area contributed by atoms with E-state index in [1.807, 2.05) is 0 Å². The third-order valence-corrected chi connectivity index (χ3v) is 2.27. The van der Waals surface area contributed by atoms with Crippen molar-refractivity contribution in [1.29, 1.82) is 0 Å². The first-order chi connectivity index (χ1) is 7.76. The SMILES string of the molecule is COc1cnc(Br)c(C(F)F)c1OC(F)(F)F. The Morgan fingerprint density at radius 1 is 1.35 bits per heavy atom. The lowest BCUT2D eigenvalue weighted by Gasteiger charge is -2.16. The van der Waals surface area contributed by atoms with Gasteiger partial charge in [-0.1, -0.05) is 0 Å². The summed E-state index contributed by atoms with van der Waals surface area (Å²) in [7, 11) is 1.02. The molecule has 0 bridgehead atoms. The van der Waals surface area contributed by atoms with Crippen LogP contribution in [0.15, 0.2) is 10.8 Å². The minimum Gasteiger partial charge on any atom is -0.491 e. The van der Waals surface area contributed by atoms with Gasteiger partial charge in [0.25, 0.3) is 6.43 Å². The van der Waals surface area contributed by atoms with E-state index in [2.05, 4.69) is 30.4 Å². The molecule has 17 heavy (non-hydrogen) atoms. The van der Waals surface area contributed by atoms with Gasteiger partial charge in [-0.15, -0.1) is 13.2 Å². The molecule has 1 heterocycles. The predicted octanol–water partition coefficient (Wildman–Crippen LogP) is 3.69. The number of hydrogen-bond acceptors (Lipinski definition) is 3. The minimum atomic E-state index is -5.10. The van der Waals surface area contributed by atoms with Gasteiger partial charge in [-0.2, -0.15) is 0 Å². The quantitative estimate of drug-likeness (QED) is 0.628. The molecule has 96 valence electrons. The summed E-state index contributed by atoms with van der Waals surface area (Å²) >= 11 is 2.62. The van der Waals surface area contributed by atoms with Crippen molar-refractivity contribution in [2.45, 2.75) is 12.8 Å². The summed E-state index contributed by atoms with van der Waals surface area (Å²) in [4.78, 5) is 3.43. The van der Waals surface area contributed by atoms with E-state index in [0.29, 0.717) is 0 Å². The smallest absolute Gasteiger partial charge is 0.491 e. The molecule has 0 spiro atoms. The van der Waals surface area contributed by atoms with E-state index in [1.165, 1.54) is 0 Å². The van der Waals surface area contributed by atoms with Crippen LogP contribution in [-0.2, 0) is 0 Å². The molecule has 0 aromatic carbocycles. The lowest BCUT2D eigenvalue weighted by molar-refractivity contribution is -0.275. The first-order valence-electron chi connectivity index (χ1n) is 4.02. The monoisotopic (exact) mass is 321 g/mol. The Bertz CT molecular complexity index is 410. The van der Waals surface area contributed by atoms with E-state index in [9.17, 15) is 22.0 Å². The van der Waals surface area contributed by atoms with E-state index < -0.39 is 34.5 Å². The second kappa shape index (κ2) is 5.03. The minimum absolute atomic E-state index is 0.437. The highest BCUT2D eigenvalue weighted by molar-refractivity contribution is 9.10. The molecule has 0 radical (unpaired) electrons. The van der Waals surface area contributed by atoms with E-state index in [-0.39, 0.29) is 0 Å². The van der Waals surface area contributed by atoms with Gasteiger partial charge in [0.1, 0.15) is 4.60 Å². The lowest BCUT2D eigenvalue weighted by Crippen LogP contribution is -2.19. The molecule has 9 heteroatoms. The number of ether oxygens (including phenoxy) is 2. The average molecular weight is 322 g/mol. The maximum absolute atomic E-state index is 12.6. The van der Waals surface area contributed by atoms with Gasteiger partial charge < -0.3 is 9.47 Å². The second-order valence-corrected chi connectivity index (χ2v) is 3.46. The maximum atomic E-state index is 12.6. The van der Waals surface area contributed by atoms with E-state index in [1.54, 1.807) is 0 Å². The fraction of sp³-hybridized carbons (Fsp3) is 0.375. The van der Waals surface area contributed by atoms with Gasteiger partial charge in [0, 0.05) is 0 Å². The molecule has 3 nitrogen and oxygen atoms in total. The van der Waals surface area contributed by atoms with Crippen LogP contribution < -0.4 is 9.47 Å². The number of nitrogens with zero attached hydrogens (tertiary/aromatic N) is 1. The highest BCUT2D eigenvalue weighted by atomic mass is 79.9. The van der Waals surface area contributed by atoms with Crippen LogP contribution in [0.2, 0.25) is 0 Å². The van der Waals surface area contributed by atoms with Gasteiger partial charge in [0.15, 0.2) is 11.5 Å². The summed E-state index contributed by atoms with van der Waals surface area (Å²) in [6.07, 6.45) is -7.45. The molecule has 0 unspecified atom stereocenters. The third-order valence-electron chi connectivity index (χ3n) is 1.64. The van der Waals surface area contributed by atoms with Crippen molar-refractivity contribution in [3.05, 3.63) is 16.4 Å². The highest BCUT2D eigenvalue weighted by Crippen LogP contribution is 2.42. The number of hydrogen-bond donors (Lipinski definition) is 0. The summed E-state index contributed by atoms with van der Waals surface area (Å²) in [6.45, 7) is 0. The van der Waals surface area contributed by atoms with Crippen molar-refractivity contribution in [3.63, 3.8) is 0 Å². The summed E-state index contributed by atoms with van der Waals surface area (Å²) in [5.74, 6) is -1.63. The molecule has 0 saturated heterocycles. The average Bonchev–Trinajstić information content (AvgIpc) is 2.15. The van der Waals surface area contributed by atoms with Gasteiger partial charge in [-0.3, -0.25) is 0 Å². The molecule has 0 atom stereocenters. The highest BCUT2D eigenvalue weighted by Gasteiger charge is 2.36. The first kappa shape index (κ1) is 13.9. The molecule has 0 amide bonds. The van der Waals surface area contributed by atoms with Crippen molar-refractivity contribution < 1.29 is 31.4 Å². The van der Waals surface area contributed by atoms with Crippen molar-refractivity contribution in [2.24, 2.45) is 0 Å². The standard InChI is InChI=1S/C8H5BrF5NO2/c1-16-3-2-15-6(9)4(7(10)11)5(3)17-8(12,13)14/h2,7H,1H3. The van der Waals surface area contributed by atoms with Crippen molar-refractivity contribution in [3.8, 4) is 11.5 Å². The Hall–Kier alpha value is -1.12. The molecule has 0 saturated carbocycles. The zero-order valence-electron chi connectivity index (χ0n) is 8.19. The Kier molecular flexibility index (Phi) is 4.12. The van der Waals surface area contributed by atoms with E-state index >= 15 is 0 Å². The second-order valence-electron chi connectivity index (χ2n) is 2.71. The fourth-order valence-corrected chi connectivity index (χ4v) is 1.48. The maximum Gasteiger partial charge on any atom is 0.573 e. The molecular weight excluding hydrogens is 317 g/mol. The zero-order chi connectivity index (χ0) is 13.2. The number of alkyl halides is 5. The topological polar surface area (TPSA) is 31.4 Å². The number of aromatic nitrogens is 1. The Labute approximate surface area is 101 Å². The molecule has 0 aliphatic rings. The van der Waals surface area contributed by atoms with Crippen LogP contribution in [0.1, 0.15) is 12.0 Å².